The highest BCUT2D eigenvalue weighted by molar-refractivity contribution is 5.25. The van der Waals surface area contributed by atoms with E-state index in [0.717, 1.165) is 44.9 Å². The third-order valence-electron chi connectivity index (χ3n) is 3.59. The molecule has 1 fully saturated rings. The van der Waals surface area contributed by atoms with Crippen LogP contribution >= 0.6 is 0 Å². The minimum absolute atomic E-state index is 0.658. The Morgan fingerprint density at radius 3 is 2.60 bits per heavy atom. The molecule has 106 valence electrons. The lowest BCUT2D eigenvalue weighted by molar-refractivity contribution is 0.464. The average Bonchev–Trinajstić information content (AvgIpc) is 2.97. The van der Waals surface area contributed by atoms with Gasteiger partial charge in [0, 0.05) is 32.6 Å². The van der Waals surface area contributed by atoms with Crippen LogP contribution in [0.15, 0.2) is 28.7 Å². The summed E-state index contributed by atoms with van der Waals surface area (Å²) in [5.41, 5.74) is 2.59. The Balaban J connectivity index is 1.58. The van der Waals surface area contributed by atoms with Crippen molar-refractivity contribution in [3.05, 3.63) is 41.3 Å². The Labute approximate surface area is 119 Å². The molecule has 0 aliphatic carbocycles. The topological polar surface area (TPSA) is 54.2 Å². The van der Waals surface area contributed by atoms with Gasteiger partial charge in [-0.25, -0.2) is 0 Å². The predicted octanol–water partition coefficient (Wildman–Crippen LogP) is 1.57. The largest absolute Gasteiger partial charge is 0.408 e. The number of anilines is 1. The zero-order valence-electron chi connectivity index (χ0n) is 11.8. The second-order valence-electron chi connectivity index (χ2n) is 5.20. The first-order valence-corrected chi connectivity index (χ1v) is 7.15. The first-order chi connectivity index (χ1) is 9.81. The molecule has 2 heterocycles. The van der Waals surface area contributed by atoms with Crippen LogP contribution in [0.2, 0.25) is 0 Å². The summed E-state index contributed by atoms with van der Waals surface area (Å²) in [7, 11) is 0. The molecule has 20 heavy (non-hydrogen) atoms. The fourth-order valence-electron chi connectivity index (χ4n) is 2.34. The number of aryl methyl sites for hydroxylation is 3. The van der Waals surface area contributed by atoms with Crippen LogP contribution in [0.25, 0.3) is 0 Å². The standard InChI is InChI=1S/C15H20N4O/c1-12-2-4-13(5-3-12)6-7-14-17-18-15(20-14)19-10-8-16-9-11-19/h2-5,16H,6-11H2,1H3. The molecular weight excluding hydrogens is 252 g/mol. The second-order valence-corrected chi connectivity index (χ2v) is 5.20. The molecule has 0 radical (unpaired) electrons. The van der Waals surface area contributed by atoms with Crippen molar-refractivity contribution in [3.8, 4) is 0 Å². The van der Waals surface area contributed by atoms with Crippen molar-refractivity contribution in [2.24, 2.45) is 0 Å². The maximum Gasteiger partial charge on any atom is 0.318 e. The maximum absolute atomic E-state index is 5.74. The number of piperazine rings is 1. The van der Waals surface area contributed by atoms with Crippen LogP contribution < -0.4 is 10.2 Å². The third kappa shape index (κ3) is 3.17. The summed E-state index contributed by atoms with van der Waals surface area (Å²) in [6.07, 6.45) is 1.73. The fourth-order valence-corrected chi connectivity index (χ4v) is 2.34. The molecule has 0 saturated carbocycles. The van der Waals surface area contributed by atoms with Gasteiger partial charge < -0.3 is 14.6 Å². The lowest BCUT2D eigenvalue weighted by atomic mass is 10.1. The molecular formula is C15H20N4O. The van der Waals surface area contributed by atoms with Crippen LogP contribution in [-0.2, 0) is 12.8 Å². The summed E-state index contributed by atoms with van der Waals surface area (Å²) in [6.45, 7) is 5.91. The van der Waals surface area contributed by atoms with Crippen LogP contribution in [0.4, 0.5) is 6.01 Å². The lowest BCUT2D eigenvalue weighted by Gasteiger charge is -2.24. The van der Waals surface area contributed by atoms with Gasteiger partial charge in [-0.15, -0.1) is 5.10 Å². The molecule has 0 bridgehead atoms. The first kappa shape index (κ1) is 13.1. The molecule has 0 atom stereocenters. The van der Waals surface area contributed by atoms with E-state index in [-0.39, 0.29) is 0 Å². The molecule has 1 aliphatic heterocycles. The van der Waals surface area contributed by atoms with Gasteiger partial charge in [-0.05, 0) is 18.9 Å². The zero-order chi connectivity index (χ0) is 13.8. The molecule has 0 spiro atoms. The third-order valence-corrected chi connectivity index (χ3v) is 3.59. The fraction of sp³-hybridized carbons (Fsp3) is 0.467. The van der Waals surface area contributed by atoms with E-state index in [2.05, 4.69) is 51.6 Å². The summed E-state index contributed by atoms with van der Waals surface area (Å²) in [5.74, 6) is 0.721. The minimum atomic E-state index is 0.658. The van der Waals surface area contributed by atoms with E-state index in [1.165, 1.54) is 11.1 Å². The van der Waals surface area contributed by atoms with Crippen molar-refractivity contribution < 1.29 is 4.42 Å². The summed E-state index contributed by atoms with van der Waals surface area (Å²) in [6, 6.07) is 9.24. The van der Waals surface area contributed by atoms with Crippen molar-refractivity contribution in [1.29, 1.82) is 0 Å². The van der Waals surface area contributed by atoms with Crippen LogP contribution in [0, 0.1) is 6.92 Å². The Bertz CT molecular complexity index is 543. The number of rotatable bonds is 4. The maximum atomic E-state index is 5.74. The Hall–Kier alpha value is -1.88. The monoisotopic (exact) mass is 272 g/mol. The van der Waals surface area contributed by atoms with Crippen LogP contribution in [-0.4, -0.2) is 36.4 Å². The van der Waals surface area contributed by atoms with Gasteiger partial charge in [-0.2, -0.15) is 0 Å². The van der Waals surface area contributed by atoms with Gasteiger partial charge >= 0.3 is 6.01 Å². The van der Waals surface area contributed by atoms with Crippen LogP contribution in [0.5, 0.6) is 0 Å². The second kappa shape index (κ2) is 6.05. The smallest absolute Gasteiger partial charge is 0.318 e. The van der Waals surface area contributed by atoms with E-state index in [1.54, 1.807) is 0 Å². The molecule has 1 N–H and O–H groups in total. The van der Waals surface area contributed by atoms with Crippen molar-refractivity contribution >= 4 is 6.01 Å². The SMILES string of the molecule is Cc1ccc(CCc2nnc(N3CCNCC3)o2)cc1. The number of benzene rings is 1. The predicted molar refractivity (Wildman–Crippen MR) is 78.0 cm³/mol. The molecule has 2 aromatic rings. The Kier molecular flexibility index (Phi) is 3.97. The van der Waals surface area contributed by atoms with Gasteiger partial charge in [0.25, 0.3) is 0 Å². The van der Waals surface area contributed by atoms with Gasteiger partial charge in [-0.1, -0.05) is 34.9 Å². The Morgan fingerprint density at radius 2 is 1.85 bits per heavy atom. The highest BCUT2D eigenvalue weighted by Crippen LogP contribution is 2.14. The lowest BCUT2D eigenvalue weighted by Crippen LogP contribution is -2.43. The molecule has 1 aromatic heterocycles. The molecule has 1 aliphatic rings. The van der Waals surface area contributed by atoms with Crippen LogP contribution in [0.3, 0.4) is 0 Å². The van der Waals surface area contributed by atoms with Gasteiger partial charge in [0.2, 0.25) is 5.89 Å². The van der Waals surface area contributed by atoms with Crippen molar-refractivity contribution in [2.45, 2.75) is 19.8 Å². The molecule has 1 aromatic carbocycles. The number of hydrogen-bond donors (Lipinski definition) is 1. The highest BCUT2D eigenvalue weighted by Gasteiger charge is 2.16. The minimum Gasteiger partial charge on any atom is -0.408 e. The quantitative estimate of drug-likeness (QED) is 0.915. The number of nitrogens with zero attached hydrogens (tertiary/aromatic N) is 3. The van der Waals surface area contributed by atoms with E-state index < -0.39 is 0 Å². The van der Waals surface area contributed by atoms with Gasteiger partial charge in [-0.3, -0.25) is 0 Å². The van der Waals surface area contributed by atoms with E-state index in [0.29, 0.717) is 6.01 Å². The van der Waals surface area contributed by atoms with E-state index in [4.69, 9.17) is 4.42 Å². The normalized spacial score (nSPS) is 15.6. The van der Waals surface area contributed by atoms with Gasteiger partial charge in [0.1, 0.15) is 0 Å². The molecule has 1 saturated heterocycles. The van der Waals surface area contributed by atoms with E-state index in [9.17, 15) is 0 Å². The van der Waals surface area contributed by atoms with Crippen LogP contribution in [0.1, 0.15) is 17.0 Å². The zero-order valence-corrected chi connectivity index (χ0v) is 11.8. The molecule has 3 rings (SSSR count). The summed E-state index contributed by atoms with van der Waals surface area (Å²) in [5, 5.41) is 11.6. The van der Waals surface area contributed by atoms with Crippen molar-refractivity contribution in [2.75, 3.05) is 31.1 Å². The van der Waals surface area contributed by atoms with Gasteiger partial charge in [0.15, 0.2) is 0 Å². The summed E-state index contributed by atoms with van der Waals surface area (Å²) >= 11 is 0. The van der Waals surface area contributed by atoms with Crippen molar-refractivity contribution in [3.63, 3.8) is 0 Å². The number of nitrogens with one attached hydrogen (secondary N) is 1. The molecule has 5 nitrogen and oxygen atoms in total. The summed E-state index contributed by atoms with van der Waals surface area (Å²) in [4.78, 5) is 2.14. The average molecular weight is 272 g/mol. The molecule has 0 amide bonds. The molecule has 0 unspecified atom stereocenters. The number of aromatic nitrogens is 2. The van der Waals surface area contributed by atoms with Gasteiger partial charge in [0.05, 0.1) is 0 Å². The highest BCUT2D eigenvalue weighted by atomic mass is 16.4. The van der Waals surface area contributed by atoms with Crippen molar-refractivity contribution in [1.82, 2.24) is 15.5 Å². The molecule has 5 heteroatoms. The Morgan fingerprint density at radius 1 is 1.10 bits per heavy atom. The summed E-state index contributed by atoms with van der Waals surface area (Å²) < 4.78 is 5.74. The van der Waals surface area contributed by atoms with E-state index in [1.807, 2.05) is 0 Å². The number of hydrogen-bond acceptors (Lipinski definition) is 5. The first-order valence-electron chi connectivity index (χ1n) is 7.15. The van der Waals surface area contributed by atoms with E-state index >= 15 is 0 Å².